The molecule has 0 spiro atoms. The molecule has 1 amide bonds. The molecular weight excluding hydrogens is 204 g/mol. The van der Waals surface area contributed by atoms with E-state index in [2.05, 4.69) is 5.32 Å². The van der Waals surface area contributed by atoms with Gasteiger partial charge in [-0.05, 0) is 18.7 Å². The summed E-state index contributed by atoms with van der Waals surface area (Å²) in [7, 11) is 3.51. The molecule has 0 saturated carbocycles. The SMILES string of the molecule is CNCCN1C(=O)Cc2cccc(OC)c21. The van der Waals surface area contributed by atoms with Crippen LogP contribution in [0.15, 0.2) is 18.2 Å². The van der Waals surface area contributed by atoms with Gasteiger partial charge >= 0.3 is 0 Å². The highest BCUT2D eigenvalue weighted by atomic mass is 16.5. The average Bonchev–Trinajstić information content (AvgIpc) is 2.62. The minimum atomic E-state index is 0.148. The van der Waals surface area contributed by atoms with Crippen LogP contribution in [0.5, 0.6) is 5.75 Å². The quantitative estimate of drug-likeness (QED) is 0.816. The van der Waals surface area contributed by atoms with E-state index in [1.165, 1.54) is 0 Å². The fourth-order valence-electron chi connectivity index (χ4n) is 2.02. The van der Waals surface area contributed by atoms with Crippen LogP contribution in [0, 0.1) is 0 Å². The van der Waals surface area contributed by atoms with E-state index in [0.717, 1.165) is 23.5 Å². The molecule has 0 aliphatic carbocycles. The molecular formula is C12H16N2O2. The van der Waals surface area contributed by atoms with Crippen molar-refractivity contribution in [3.63, 3.8) is 0 Å². The van der Waals surface area contributed by atoms with Gasteiger partial charge in [0.15, 0.2) is 0 Å². The van der Waals surface area contributed by atoms with Gasteiger partial charge < -0.3 is 15.0 Å². The molecule has 0 aromatic heterocycles. The van der Waals surface area contributed by atoms with Crippen molar-refractivity contribution in [2.75, 3.05) is 32.1 Å². The van der Waals surface area contributed by atoms with Gasteiger partial charge in [-0.25, -0.2) is 0 Å². The number of benzene rings is 1. The molecule has 86 valence electrons. The predicted octanol–water partition coefficient (Wildman–Crippen LogP) is 0.804. The van der Waals surface area contributed by atoms with Crippen LogP contribution >= 0.6 is 0 Å². The van der Waals surface area contributed by atoms with Gasteiger partial charge in [-0.1, -0.05) is 12.1 Å². The number of anilines is 1. The van der Waals surface area contributed by atoms with Crippen molar-refractivity contribution >= 4 is 11.6 Å². The first-order valence-electron chi connectivity index (χ1n) is 5.38. The van der Waals surface area contributed by atoms with Crippen LogP contribution in [0.25, 0.3) is 0 Å². The number of hydrogen-bond donors (Lipinski definition) is 1. The van der Waals surface area contributed by atoms with Gasteiger partial charge in [0.1, 0.15) is 5.75 Å². The molecule has 0 fully saturated rings. The number of carbonyl (C=O) groups excluding carboxylic acids is 1. The summed E-state index contributed by atoms with van der Waals surface area (Å²) in [4.78, 5) is 13.6. The molecule has 4 heteroatoms. The first-order chi connectivity index (χ1) is 7.77. The van der Waals surface area contributed by atoms with Crippen molar-refractivity contribution in [1.82, 2.24) is 5.32 Å². The van der Waals surface area contributed by atoms with Crippen LogP contribution in [0.3, 0.4) is 0 Å². The van der Waals surface area contributed by atoms with Crippen molar-refractivity contribution < 1.29 is 9.53 Å². The number of amides is 1. The number of hydrogen-bond acceptors (Lipinski definition) is 3. The second kappa shape index (κ2) is 4.53. The number of ether oxygens (including phenoxy) is 1. The summed E-state index contributed by atoms with van der Waals surface area (Å²) < 4.78 is 5.30. The summed E-state index contributed by atoms with van der Waals surface area (Å²) in [6, 6.07) is 5.80. The Morgan fingerprint density at radius 2 is 2.31 bits per heavy atom. The van der Waals surface area contributed by atoms with Crippen molar-refractivity contribution in [3.8, 4) is 5.75 Å². The second-order valence-corrected chi connectivity index (χ2v) is 3.79. The highest BCUT2D eigenvalue weighted by molar-refractivity contribution is 6.03. The van der Waals surface area contributed by atoms with E-state index in [9.17, 15) is 4.79 Å². The molecule has 0 bridgehead atoms. The number of nitrogens with zero attached hydrogens (tertiary/aromatic N) is 1. The zero-order valence-electron chi connectivity index (χ0n) is 9.62. The summed E-state index contributed by atoms with van der Waals surface area (Å²) in [5.74, 6) is 0.925. The maximum atomic E-state index is 11.8. The second-order valence-electron chi connectivity index (χ2n) is 3.79. The summed E-state index contributed by atoms with van der Waals surface area (Å²) in [5.41, 5.74) is 1.99. The van der Waals surface area contributed by atoms with E-state index >= 15 is 0 Å². The third-order valence-corrected chi connectivity index (χ3v) is 2.80. The summed E-state index contributed by atoms with van der Waals surface area (Å²) in [6.45, 7) is 1.46. The lowest BCUT2D eigenvalue weighted by Gasteiger charge is -2.19. The van der Waals surface area contributed by atoms with Gasteiger partial charge in [0.05, 0.1) is 19.2 Å². The molecule has 4 nitrogen and oxygen atoms in total. The first-order valence-corrected chi connectivity index (χ1v) is 5.38. The number of nitrogens with one attached hydrogen (secondary N) is 1. The number of fused-ring (bicyclic) bond motifs is 1. The molecule has 0 atom stereocenters. The van der Waals surface area contributed by atoms with Gasteiger partial charge in [0.25, 0.3) is 0 Å². The van der Waals surface area contributed by atoms with Gasteiger partial charge in [-0.3, -0.25) is 4.79 Å². The summed E-state index contributed by atoms with van der Waals surface area (Å²) in [5, 5.41) is 3.05. The van der Waals surface area contributed by atoms with E-state index in [1.54, 1.807) is 12.0 Å². The Morgan fingerprint density at radius 1 is 1.50 bits per heavy atom. The van der Waals surface area contributed by atoms with Crippen molar-refractivity contribution in [2.45, 2.75) is 6.42 Å². The van der Waals surface area contributed by atoms with Crippen LogP contribution < -0.4 is 15.0 Å². The highest BCUT2D eigenvalue weighted by Gasteiger charge is 2.29. The smallest absolute Gasteiger partial charge is 0.231 e. The molecule has 0 saturated heterocycles. The number of para-hydroxylation sites is 1. The number of methoxy groups -OCH3 is 1. The zero-order chi connectivity index (χ0) is 11.5. The Hall–Kier alpha value is -1.55. The highest BCUT2D eigenvalue weighted by Crippen LogP contribution is 2.37. The Labute approximate surface area is 95.2 Å². The molecule has 16 heavy (non-hydrogen) atoms. The zero-order valence-corrected chi connectivity index (χ0v) is 9.62. The van der Waals surface area contributed by atoms with Crippen molar-refractivity contribution in [3.05, 3.63) is 23.8 Å². The Bertz CT molecular complexity index is 404. The maximum Gasteiger partial charge on any atom is 0.231 e. The van der Waals surface area contributed by atoms with Gasteiger partial charge in [-0.2, -0.15) is 0 Å². The van der Waals surface area contributed by atoms with E-state index in [-0.39, 0.29) is 5.91 Å². The fraction of sp³-hybridized carbons (Fsp3) is 0.417. The average molecular weight is 220 g/mol. The molecule has 1 N–H and O–H groups in total. The van der Waals surface area contributed by atoms with Gasteiger partial charge in [-0.15, -0.1) is 0 Å². The number of carbonyl (C=O) groups is 1. The third kappa shape index (κ3) is 1.76. The van der Waals surface area contributed by atoms with Crippen molar-refractivity contribution in [1.29, 1.82) is 0 Å². The Morgan fingerprint density at radius 3 is 3.00 bits per heavy atom. The van der Waals surface area contributed by atoms with Crippen LogP contribution in [-0.4, -0.2) is 33.2 Å². The van der Waals surface area contributed by atoms with E-state index in [0.29, 0.717) is 13.0 Å². The largest absolute Gasteiger partial charge is 0.495 e. The van der Waals surface area contributed by atoms with Gasteiger partial charge in [0.2, 0.25) is 5.91 Å². The first kappa shape index (κ1) is 11.0. The van der Waals surface area contributed by atoms with Gasteiger partial charge in [0, 0.05) is 13.1 Å². The molecule has 1 heterocycles. The Balaban J connectivity index is 2.33. The van der Waals surface area contributed by atoms with Crippen LogP contribution in [0.2, 0.25) is 0 Å². The molecule has 2 rings (SSSR count). The summed E-state index contributed by atoms with van der Waals surface area (Å²) >= 11 is 0. The third-order valence-electron chi connectivity index (χ3n) is 2.80. The number of rotatable bonds is 4. The van der Waals surface area contributed by atoms with E-state index < -0.39 is 0 Å². The lowest BCUT2D eigenvalue weighted by molar-refractivity contribution is -0.117. The lowest BCUT2D eigenvalue weighted by atomic mass is 10.1. The molecule has 0 radical (unpaired) electrons. The monoisotopic (exact) mass is 220 g/mol. The van der Waals surface area contributed by atoms with Crippen molar-refractivity contribution in [2.24, 2.45) is 0 Å². The maximum absolute atomic E-state index is 11.8. The van der Waals surface area contributed by atoms with E-state index in [4.69, 9.17) is 4.74 Å². The summed E-state index contributed by atoms with van der Waals surface area (Å²) in [6.07, 6.45) is 0.482. The Kier molecular flexibility index (Phi) is 3.10. The molecule has 0 unspecified atom stereocenters. The molecule has 1 aliphatic rings. The molecule has 1 aliphatic heterocycles. The lowest BCUT2D eigenvalue weighted by Crippen LogP contribution is -2.33. The molecule has 1 aromatic rings. The topological polar surface area (TPSA) is 41.6 Å². The van der Waals surface area contributed by atoms with Crippen LogP contribution in [-0.2, 0) is 11.2 Å². The minimum absolute atomic E-state index is 0.148. The van der Waals surface area contributed by atoms with Crippen LogP contribution in [0.1, 0.15) is 5.56 Å². The number of likely N-dealkylation sites (N-methyl/N-ethyl adjacent to an activating group) is 1. The standard InChI is InChI=1S/C12H16N2O2/c1-13-6-7-14-11(15)8-9-4-3-5-10(16-2)12(9)14/h3-5,13H,6-8H2,1-2H3. The predicted molar refractivity (Wildman–Crippen MR) is 63.0 cm³/mol. The normalized spacial score (nSPS) is 14.1. The molecule has 1 aromatic carbocycles. The minimum Gasteiger partial charge on any atom is -0.495 e. The van der Waals surface area contributed by atoms with E-state index in [1.807, 2.05) is 25.2 Å². The van der Waals surface area contributed by atoms with Crippen LogP contribution in [0.4, 0.5) is 5.69 Å². The fourth-order valence-corrected chi connectivity index (χ4v) is 2.02.